The lowest BCUT2D eigenvalue weighted by Crippen LogP contribution is -2.41. The molecular formula is C21H24FN5. The molecule has 0 bridgehead atoms. The highest BCUT2D eigenvalue weighted by atomic mass is 19.1. The number of H-pyrrole nitrogens is 1. The van der Waals surface area contributed by atoms with Crippen LogP contribution in [0.15, 0.2) is 55.1 Å². The molecule has 2 N–H and O–H groups in total. The minimum Gasteiger partial charge on any atom is -0.303 e. The van der Waals surface area contributed by atoms with E-state index in [1.807, 2.05) is 30.5 Å². The van der Waals surface area contributed by atoms with Crippen molar-refractivity contribution < 1.29 is 4.39 Å². The van der Waals surface area contributed by atoms with Crippen molar-refractivity contribution in [2.24, 2.45) is 0 Å². The highest BCUT2D eigenvalue weighted by molar-refractivity contribution is 5.28. The van der Waals surface area contributed by atoms with E-state index in [1.165, 1.54) is 31.2 Å². The number of nitrogens with zero attached hydrogens (tertiary/aromatic N) is 3. The number of halogens is 1. The van der Waals surface area contributed by atoms with Crippen LogP contribution in [0.5, 0.6) is 0 Å². The summed E-state index contributed by atoms with van der Waals surface area (Å²) in [7, 11) is 0. The van der Waals surface area contributed by atoms with E-state index >= 15 is 0 Å². The highest BCUT2D eigenvalue weighted by Gasteiger charge is 2.35. The fraction of sp³-hybridized carbons (Fsp3) is 0.381. The van der Waals surface area contributed by atoms with E-state index in [2.05, 4.69) is 25.5 Å². The molecule has 1 saturated carbocycles. The van der Waals surface area contributed by atoms with Gasteiger partial charge in [-0.25, -0.2) is 9.37 Å². The van der Waals surface area contributed by atoms with E-state index in [1.54, 1.807) is 18.3 Å². The zero-order valence-electron chi connectivity index (χ0n) is 15.2. The summed E-state index contributed by atoms with van der Waals surface area (Å²) in [6.07, 6.45) is 11.0. The molecule has 2 aromatic heterocycles. The molecule has 1 unspecified atom stereocenters. The number of hydrogen-bond donors (Lipinski definition) is 2. The molecule has 1 fully saturated rings. The molecule has 27 heavy (non-hydrogen) atoms. The van der Waals surface area contributed by atoms with Gasteiger partial charge in [0, 0.05) is 24.4 Å². The Morgan fingerprint density at radius 3 is 2.59 bits per heavy atom. The number of rotatable bonds is 6. The topological polar surface area (TPSA) is 66.5 Å². The van der Waals surface area contributed by atoms with Crippen LogP contribution in [0.3, 0.4) is 0 Å². The van der Waals surface area contributed by atoms with Crippen molar-refractivity contribution in [2.45, 2.75) is 43.6 Å². The number of aromatic nitrogens is 4. The second kappa shape index (κ2) is 7.96. The van der Waals surface area contributed by atoms with Gasteiger partial charge < -0.3 is 5.32 Å². The molecular weight excluding hydrogens is 341 g/mol. The quantitative estimate of drug-likeness (QED) is 0.695. The Labute approximate surface area is 158 Å². The number of benzene rings is 1. The Hall–Kier alpha value is -2.60. The van der Waals surface area contributed by atoms with Crippen LogP contribution in [0, 0.1) is 5.82 Å². The normalized spacial score (nSPS) is 17.5. The molecule has 1 aromatic carbocycles. The van der Waals surface area contributed by atoms with Crippen LogP contribution in [0.4, 0.5) is 4.39 Å². The fourth-order valence-corrected chi connectivity index (χ4v) is 4.17. The van der Waals surface area contributed by atoms with Gasteiger partial charge in [0.05, 0.1) is 6.04 Å². The lowest BCUT2D eigenvalue weighted by atomic mass is 9.69. The molecule has 0 amide bonds. The van der Waals surface area contributed by atoms with E-state index in [9.17, 15) is 4.39 Å². The molecule has 4 rings (SSSR count). The number of nitrogens with one attached hydrogen (secondary N) is 2. The Morgan fingerprint density at radius 2 is 1.93 bits per heavy atom. The molecule has 0 aliphatic heterocycles. The van der Waals surface area contributed by atoms with Gasteiger partial charge in [-0.2, -0.15) is 5.10 Å². The summed E-state index contributed by atoms with van der Waals surface area (Å²) in [6.45, 7) is 0.791. The van der Waals surface area contributed by atoms with Gasteiger partial charge in [-0.05, 0) is 42.2 Å². The smallest absolute Gasteiger partial charge is 0.146 e. The van der Waals surface area contributed by atoms with Crippen LogP contribution < -0.4 is 5.32 Å². The first-order valence-electron chi connectivity index (χ1n) is 9.51. The van der Waals surface area contributed by atoms with Crippen LogP contribution in [-0.4, -0.2) is 26.7 Å². The number of hydrogen-bond acceptors (Lipinski definition) is 4. The molecule has 0 radical (unpaired) electrons. The van der Waals surface area contributed by atoms with Crippen LogP contribution in [-0.2, 0) is 5.41 Å². The maximum atomic E-state index is 13.5. The van der Waals surface area contributed by atoms with Gasteiger partial charge in [0.2, 0.25) is 0 Å². The molecule has 2 heterocycles. The zero-order valence-corrected chi connectivity index (χ0v) is 15.2. The van der Waals surface area contributed by atoms with Gasteiger partial charge in [0.15, 0.2) is 0 Å². The Morgan fingerprint density at radius 1 is 1.11 bits per heavy atom. The number of pyridine rings is 1. The summed E-state index contributed by atoms with van der Waals surface area (Å²) >= 11 is 0. The lowest BCUT2D eigenvalue weighted by molar-refractivity contribution is 0.273. The zero-order chi connectivity index (χ0) is 18.5. The van der Waals surface area contributed by atoms with Gasteiger partial charge >= 0.3 is 0 Å². The first kappa shape index (κ1) is 17.8. The molecule has 5 nitrogen and oxygen atoms in total. The summed E-state index contributed by atoms with van der Waals surface area (Å²) in [5.41, 5.74) is 2.25. The first-order chi connectivity index (χ1) is 13.3. The monoisotopic (exact) mass is 365 g/mol. The van der Waals surface area contributed by atoms with Crippen LogP contribution in [0.1, 0.15) is 55.1 Å². The fourth-order valence-electron chi connectivity index (χ4n) is 4.17. The van der Waals surface area contributed by atoms with E-state index in [-0.39, 0.29) is 17.3 Å². The summed E-state index contributed by atoms with van der Waals surface area (Å²) in [5.74, 6) is 0.584. The van der Waals surface area contributed by atoms with E-state index < -0.39 is 0 Å². The number of aromatic amines is 1. The third-order valence-electron chi connectivity index (χ3n) is 5.64. The molecule has 3 aromatic rings. The van der Waals surface area contributed by atoms with Gasteiger partial charge in [-0.3, -0.25) is 10.1 Å². The molecule has 1 aliphatic rings. The summed E-state index contributed by atoms with van der Waals surface area (Å²) in [4.78, 5) is 8.61. The largest absolute Gasteiger partial charge is 0.303 e. The summed E-state index contributed by atoms with van der Waals surface area (Å²) in [6, 6.07) is 10.9. The SMILES string of the molecule is Fc1ccc(C2(CNC(c3cccnc3)c3ncn[nH]3)CCCCC2)cc1. The summed E-state index contributed by atoms with van der Waals surface area (Å²) < 4.78 is 13.5. The van der Waals surface area contributed by atoms with E-state index in [0.717, 1.165) is 30.8 Å². The van der Waals surface area contributed by atoms with Crippen molar-refractivity contribution in [3.05, 3.63) is 77.9 Å². The van der Waals surface area contributed by atoms with E-state index in [4.69, 9.17) is 0 Å². The second-order valence-electron chi connectivity index (χ2n) is 7.32. The molecule has 1 atom stereocenters. The van der Waals surface area contributed by atoms with Gasteiger partial charge in [0.25, 0.3) is 0 Å². The molecule has 1 aliphatic carbocycles. The van der Waals surface area contributed by atoms with Gasteiger partial charge in [-0.15, -0.1) is 0 Å². The average molecular weight is 365 g/mol. The molecule has 0 spiro atoms. The molecule has 140 valence electrons. The second-order valence-corrected chi connectivity index (χ2v) is 7.32. The molecule has 6 heteroatoms. The molecule has 0 saturated heterocycles. The van der Waals surface area contributed by atoms with Crippen LogP contribution in [0.25, 0.3) is 0 Å². The highest BCUT2D eigenvalue weighted by Crippen LogP contribution is 2.39. The van der Waals surface area contributed by atoms with Gasteiger partial charge in [-0.1, -0.05) is 37.5 Å². The average Bonchev–Trinajstić information content (AvgIpc) is 3.25. The van der Waals surface area contributed by atoms with Crippen molar-refractivity contribution in [3.63, 3.8) is 0 Å². The van der Waals surface area contributed by atoms with Crippen molar-refractivity contribution >= 4 is 0 Å². The predicted octanol–water partition coefficient (Wildman–Crippen LogP) is 3.92. The minimum absolute atomic E-state index is 0.00638. The Kier molecular flexibility index (Phi) is 5.25. The minimum atomic E-state index is -0.187. The van der Waals surface area contributed by atoms with Crippen molar-refractivity contribution in [2.75, 3.05) is 6.54 Å². The van der Waals surface area contributed by atoms with Crippen molar-refractivity contribution in [1.82, 2.24) is 25.5 Å². The maximum Gasteiger partial charge on any atom is 0.146 e. The van der Waals surface area contributed by atoms with E-state index in [0.29, 0.717) is 0 Å². The van der Waals surface area contributed by atoms with Crippen molar-refractivity contribution in [1.29, 1.82) is 0 Å². The van der Waals surface area contributed by atoms with Crippen molar-refractivity contribution in [3.8, 4) is 0 Å². The summed E-state index contributed by atoms with van der Waals surface area (Å²) in [5, 5.41) is 10.7. The third kappa shape index (κ3) is 3.90. The third-order valence-corrected chi connectivity index (χ3v) is 5.64. The maximum absolute atomic E-state index is 13.5. The lowest BCUT2D eigenvalue weighted by Gasteiger charge is -2.39. The standard InChI is InChI=1S/C21H24FN5/c22-18-8-6-17(7-9-18)21(10-2-1-3-11-21)14-24-19(20-25-15-26-27-20)16-5-4-12-23-13-16/h4-9,12-13,15,19,24H,1-3,10-11,14H2,(H,25,26,27). The first-order valence-corrected chi connectivity index (χ1v) is 9.51. The van der Waals surface area contributed by atoms with Crippen LogP contribution in [0.2, 0.25) is 0 Å². The predicted molar refractivity (Wildman–Crippen MR) is 102 cm³/mol. The van der Waals surface area contributed by atoms with Crippen LogP contribution >= 0.6 is 0 Å². The Balaban J connectivity index is 1.61. The Bertz CT molecular complexity index is 827. The van der Waals surface area contributed by atoms with Gasteiger partial charge in [0.1, 0.15) is 18.0 Å².